The Labute approximate surface area is 144 Å². The average Bonchev–Trinajstić information content (AvgIpc) is 3.08. The van der Waals surface area contributed by atoms with Crippen LogP contribution >= 0.6 is 0 Å². The van der Waals surface area contributed by atoms with Crippen LogP contribution in [0.25, 0.3) is 0 Å². The van der Waals surface area contributed by atoms with Crippen LogP contribution in [0.5, 0.6) is 0 Å². The maximum atomic E-state index is 2.20. The molecule has 0 aliphatic heterocycles. The zero-order chi connectivity index (χ0) is 14.8. The molecule has 0 N–H and O–H groups in total. The van der Waals surface area contributed by atoms with E-state index in [0.29, 0.717) is 0 Å². The molecule has 0 heterocycles. The maximum absolute atomic E-state index is 2.20. The Morgan fingerprint density at radius 3 is 1.14 bits per heavy atom. The first-order chi connectivity index (χ1) is 9.58. The molecule has 0 saturated heterocycles. The summed E-state index contributed by atoms with van der Waals surface area (Å²) in [4.78, 5) is 4.40. The number of rotatable bonds is 6. The van der Waals surface area contributed by atoms with Gasteiger partial charge in [-0.05, 0) is 117 Å². The van der Waals surface area contributed by atoms with Gasteiger partial charge in [0.2, 0.25) is 0 Å². The average molecular weight is 328 g/mol. The molecular formula is C18H28FeN2+2. The third-order valence-electron chi connectivity index (χ3n) is 3.16. The summed E-state index contributed by atoms with van der Waals surface area (Å²) in [5, 5.41) is 0. The van der Waals surface area contributed by atoms with Gasteiger partial charge in [0.1, 0.15) is 0 Å². The predicted octanol–water partition coefficient (Wildman–Crippen LogP) is 2.68. The molecule has 2 saturated carbocycles. The van der Waals surface area contributed by atoms with Crippen molar-refractivity contribution in [2.75, 3.05) is 41.3 Å². The van der Waals surface area contributed by atoms with Crippen molar-refractivity contribution in [2.45, 2.75) is 12.8 Å². The summed E-state index contributed by atoms with van der Waals surface area (Å²) in [5.41, 5.74) is 0. The summed E-state index contributed by atoms with van der Waals surface area (Å²) >= 11 is 0. The van der Waals surface area contributed by atoms with Gasteiger partial charge in [0, 0.05) is 0 Å². The van der Waals surface area contributed by atoms with Gasteiger partial charge in [-0.1, -0.05) is 0 Å². The molecule has 2 aliphatic carbocycles. The van der Waals surface area contributed by atoms with Crippen molar-refractivity contribution in [3.05, 3.63) is 63.2 Å². The minimum absolute atomic E-state index is 0. The normalized spacial score (nSPS) is 19.7. The Kier molecular flexibility index (Phi) is 13.2. The standard InChI is InChI=1S/2C9H14N.Fe/c2*1-10(2)8-7-9-5-3-4-6-9;/h2*3-6H,7-8H2,1-2H3;/q;;+2. The second-order valence-corrected chi connectivity index (χ2v) is 5.69. The minimum atomic E-state index is 0. The molecule has 0 aromatic rings. The van der Waals surface area contributed by atoms with Gasteiger partial charge >= 0.3 is 17.1 Å². The van der Waals surface area contributed by atoms with E-state index in [0.717, 1.165) is 13.1 Å². The van der Waals surface area contributed by atoms with Crippen molar-refractivity contribution in [3.8, 4) is 0 Å². The third kappa shape index (κ3) is 11.6. The van der Waals surface area contributed by atoms with E-state index in [4.69, 9.17) is 0 Å². The van der Waals surface area contributed by atoms with Gasteiger partial charge in [0.25, 0.3) is 0 Å². The van der Waals surface area contributed by atoms with Crippen molar-refractivity contribution < 1.29 is 17.1 Å². The Bertz CT molecular complexity index is 195. The van der Waals surface area contributed by atoms with Gasteiger partial charge in [0.15, 0.2) is 0 Å². The van der Waals surface area contributed by atoms with E-state index >= 15 is 0 Å². The summed E-state index contributed by atoms with van der Waals surface area (Å²) < 4.78 is 0. The Hall–Kier alpha value is 0.439. The molecule has 116 valence electrons. The zero-order valence-electron chi connectivity index (χ0n) is 13.7. The van der Waals surface area contributed by atoms with Gasteiger partial charge in [-0.3, -0.25) is 0 Å². The minimum Gasteiger partial charge on any atom is -0.309 e. The smallest absolute Gasteiger partial charge is 0.309 e. The van der Waals surface area contributed by atoms with Crippen LogP contribution in [0.1, 0.15) is 12.8 Å². The molecule has 0 unspecified atom stereocenters. The largest absolute Gasteiger partial charge is 2.00 e. The van der Waals surface area contributed by atoms with Crippen LogP contribution in [0.4, 0.5) is 0 Å². The van der Waals surface area contributed by atoms with Crippen molar-refractivity contribution in [3.63, 3.8) is 0 Å². The van der Waals surface area contributed by atoms with Crippen LogP contribution in [-0.2, 0) is 17.1 Å². The molecule has 0 bridgehead atoms. The molecule has 10 radical (unpaired) electrons. The number of hydrogen-bond acceptors (Lipinski definition) is 2. The molecule has 2 fully saturated rings. The van der Waals surface area contributed by atoms with E-state index in [2.05, 4.69) is 89.4 Å². The van der Waals surface area contributed by atoms with Crippen LogP contribution in [0.15, 0.2) is 0 Å². The Morgan fingerprint density at radius 2 is 0.905 bits per heavy atom. The molecule has 0 spiro atoms. The fraction of sp³-hybridized carbons (Fsp3) is 0.444. The fourth-order valence-corrected chi connectivity index (χ4v) is 1.87. The molecule has 0 aromatic carbocycles. The van der Waals surface area contributed by atoms with Gasteiger partial charge in [-0.25, -0.2) is 0 Å². The Morgan fingerprint density at radius 1 is 0.619 bits per heavy atom. The molecule has 0 atom stereocenters. The van der Waals surface area contributed by atoms with Crippen molar-refractivity contribution >= 4 is 0 Å². The zero-order valence-corrected chi connectivity index (χ0v) is 14.8. The molecule has 3 heteroatoms. The number of hydrogen-bond donors (Lipinski definition) is 0. The van der Waals surface area contributed by atoms with Crippen molar-refractivity contribution in [1.29, 1.82) is 0 Å². The van der Waals surface area contributed by atoms with E-state index in [9.17, 15) is 0 Å². The fourth-order valence-electron chi connectivity index (χ4n) is 1.87. The topological polar surface area (TPSA) is 6.48 Å². The molecule has 2 aliphatic rings. The maximum Gasteiger partial charge on any atom is 2.00 e. The van der Waals surface area contributed by atoms with E-state index in [1.165, 1.54) is 24.7 Å². The summed E-state index contributed by atoms with van der Waals surface area (Å²) in [7, 11) is 8.40. The molecule has 21 heavy (non-hydrogen) atoms. The van der Waals surface area contributed by atoms with E-state index in [-0.39, 0.29) is 17.1 Å². The predicted molar refractivity (Wildman–Crippen MR) is 87.2 cm³/mol. The van der Waals surface area contributed by atoms with Crippen molar-refractivity contribution in [1.82, 2.24) is 9.80 Å². The summed E-state index contributed by atoms with van der Waals surface area (Å²) in [6, 6.07) is 0. The first kappa shape index (κ1) is 21.4. The SMILES string of the molecule is CN(C)CC[C]1[CH][CH][CH][CH]1.CN(C)CC[C]1[CH][CH][CH][CH]1.[Fe+2]. The van der Waals surface area contributed by atoms with Gasteiger partial charge < -0.3 is 9.80 Å². The first-order valence-corrected chi connectivity index (χ1v) is 7.28. The van der Waals surface area contributed by atoms with E-state index in [1.807, 2.05) is 0 Å². The Balaban J connectivity index is 0.000000364. The van der Waals surface area contributed by atoms with Crippen LogP contribution in [-0.4, -0.2) is 51.1 Å². The monoisotopic (exact) mass is 328 g/mol. The molecule has 2 rings (SSSR count). The molecule has 0 amide bonds. The molecule has 0 aromatic heterocycles. The summed E-state index contributed by atoms with van der Waals surface area (Å²) in [5.74, 6) is 2.88. The van der Waals surface area contributed by atoms with Crippen LogP contribution in [0.2, 0.25) is 0 Å². The van der Waals surface area contributed by atoms with Crippen LogP contribution in [0, 0.1) is 63.2 Å². The molecular weight excluding hydrogens is 300 g/mol. The summed E-state index contributed by atoms with van der Waals surface area (Å²) in [6.07, 6.45) is 19.4. The summed E-state index contributed by atoms with van der Waals surface area (Å²) in [6.45, 7) is 2.29. The first-order valence-electron chi connectivity index (χ1n) is 7.28. The van der Waals surface area contributed by atoms with Gasteiger partial charge in [0.05, 0.1) is 0 Å². The number of nitrogens with zero attached hydrogens (tertiary/aromatic N) is 2. The van der Waals surface area contributed by atoms with Crippen LogP contribution < -0.4 is 0 Å². The van der Waals surface area contributed by atoms with Crippen molar-refractivity contribution in [2.24, 2.45) is 0 Å². The van der Waals surface area contributed by atoms with Gasteiger partial charge in [-0.15, -0.1) is 0 Å². The third-order valence-corrected chi connectivity index (χ3v) is 3.16. The second-order valence-electron chi connectivity index (χ2n) is 5.69. The van der Waals surface area contributed by atoms with E-state index in [1.54, 1.807) is 0 Å². The van der Waals surface area contributed by atoms with E-state index < -0.39 is 0 Å². The quantitative estimate of drug-likeness (QED) is 0.692. The second kappa shape index (κ2) is 12.9. The molecule has 2 nitrogen and oxygen atoms in total. The van der Waals surface area contributed by atoms with Gasteiger partial charge in [-0.2, -0.15) is 0 Å². The van der Waals surface area contributed by atoms with Crippen LogP contribution in [0.3, 0.4) is 0 Å².